The third-order valence-corrected chi connectivity index (χ3v) is 7.83. The van der Waals surface area contributed by atoms with E-state index in [0.29, 0.717) is 18.5 Å². The summed E-state index contributed by atoms with van der Waals surface area (Å²) in [6, 6.07) is 7.75. The van der Waals surface area contributed by atoms with Gasteiger partial charge in [0.05, 0.1) is 23.2 Å². The SMILES string of the molecule is CC(=O)N1CCc2c(C(=O)NC3CCC(c4n[nH]c(=O)c5ccccc45)CC3)csc2C1. The van der Waals surface area contributed by atoms with Crippen LogP contribution >= 0.6 is 11.3 Å². The summed E-state index contributed by atoms with van der Waals surface area (Å²) in [4.78, 5) is 39.7. The monoisotopic (exact) mass is 450 g/mol. The highest BCUT2D eigenvalue weighted by Gasteiger charge is 2.29. The van der Waals surface area contributed by atoms with Crippen LogP contribution < -0.4 is 10.9 Å². The van der Waals surface area contributed by atoms with E-state index in [-0.39, 0.29) is 29.3 Å². The maximum atomic E-state index is 13.0. The van der Waals surface area contributed by atoms with Crippen molar-refractivity contribution in [2.75, 3.05) is 6.54 Å². The van der Waals surface area contributed by atoms with Crippen LogP contribution in [0.2, 0.25) is 0 Å². The Morgan fingerprint density at radius 2 is 1.91 bits per heavy atom. The highest BCUT2D eigenvalue weighted by molar-refractivity contribution is 7.10. The first-order chi connectivity index (χ1) is 15.5. The molecule has 1 aliphatic heterocycles. The van der Waals surface area contributed by atoms with Crippen LogP contribution in [0.1, 0.15) is 65.0 Å². The molecule has 0 spiro atoms. The van der Waals surface area contributed by atoms with Crippen molar-refractivity contribution in [1.29, 1.82) is 0 Å². The predicted molar refractivity (Wildman–Crippen MR) is 124 cm³/mol. The lowest BCUT2D eigenvalue weighted by Gasteiger charge is -2.29. The van der Waals surface area contributed by atoms with Crippen LogP contribution in [-0.2, 0) is 17.8 Å². The van der Waals surface area contributed by atoms with Gasteiger partial charge in [-0.05, 0) is 43.7 Å². The number of hydrogen-bond donors (Lipinski definition) is 2. The van der Waals surface area contributed by atoms with Crippen molar-refractivity contribution < 1.29 is 9.59 Å². The quantitative estimate of drug-likeness (QED) is 0.640. The number of aromatic amines is 1. The summed E-state index contributed by atoms with van der Waals surface area (Å²) in [5.41, 5.74) is 2.66. The topological polar surface area (TPSA) is 95.2 Å². The summed E-state index contributed by atoms with van der Waals surface area (Å²) in [7, 11) is 0. The van der Waals surface area contributed by atoms with Crippen LogP contribution in [0.4, 0.5) is 0 Å². The van der Waals surface area contributed by atoms with Crippen LogP contribution in [0.5, 0.6) is 0 Å². The molecule has 0 atom stereocenters. The molecule has 7 nitrogen and oxygen atoms in total. The lowest BCUT2D eigenvalue weighted by atomic mass is 9.82. The summed E-state index contributed by atoms with van der Waals surface area (Å²) in [6.45, 7) is 2.87. The van der Waals surface area contributed by atoms with E-state index in [4.69, 9.17) is 0 Å². The molecular formula is C24H26N4O3S. The van der Waals surface area contributed by atoms with Crippen molar-refractivity contribution in [1.82, 2.24) is 20.4 Å². The number of fused-ring (bicyclic) bond motifs is 2. The maximum Gasteiger partial charge on any atom is 0.272 e. The van der Waals surface area contributed by atoms with Crippen molar-refractivity contribution >= 4 is 33.9 Å². The molecule has 32 heavy (non-hydrogen) atoms. The van der Waals surface area contributed by atoms with Gasteiger partial charge in [-0.15, -0.1) is 11.3 Å². The average molecular weight is 451 g/mol. The van der Waals surface area contributed by atoms with Gasteiger partial charge in [0.2, 0.25) is 5.91 Å². The molecule has 1 aromatic carbocycles. The fourth-order valence-corrected chi connectivity index (χ4v) is 6.10. The standard InChI is InChI=1S/C24H26N4O3S/c1-14(29)28-11-10-17-20(13-32-21(17)12-28)23(30)25-16-8-6-15(7-9-16)22-18-4-2-3-5-19(18)24(31)27-26-22/h2-5,13,15-16H,6-12H2,1H3,(H,25,30)(H,27,31). The first-order valence-electron chi connectivity index (χ1n) is 11.1. The average Bonchev–Trinajstić information content (AvgIpc) is 3.24. The largest absolute Gasteiger partial charge is 0.349 e. The number of aromatic nitrogens is 2. The number of hydrogen-bond acceptors (Lipinski definition) is 5. The molecule has 8 heteroatoms. The Balaban J connectivity index is 1.24. The zero-order valence-electron chi connectivity index (χ0n) is 18.0. The number of nitrogens with one attached hydrogen (secondary N) is 2. The van der Waals surface area contributed by atoms with Crippen LogP contribution in [0.3, 0.4) is 0 Å². The number of nitrogens with zero attached hydrogens (tertiary/aromatic N) is 2. The van der Waals surface area contributed by atoms with Crippen molar-refractivity contribution in [3.05, 3.63) is 61.7 Å². The molecule has 1 fully saturated rings. The number of H-pyrrole nitrogens is 1. The van der Waals surface area contributed by atoms with Crippen LogP contribution in [0.25, 0.3) is 10.8 Å². The van der Waals surface area contributed by atoms with Crippen LogP contribution in [0.15, 0.2) is 34.4 Å². The van der Waals surface area contributed by atoms with Crippen molar-refractivity contribution in [2.45, 2.75) is 57.5 Å². The molecule has 1 saturated carbocycles. The third kappa shape index (κ3) is 3.83. The molecule has 3 heterocycles. The Morgan fingerprint density at radius 1 is 1.16 bits per heavy atom. The molecule has 0 radical (unpaired) electrons. The molecule has 0 bridgehead atoms. The van der Waals surface area contributed by atoms with E-state index < -0.39 is 0 Å². The smallest absolute Gasteiger partial charge is 0.272 e. The van der Waals surface area contributed by atoms with Crippen molar-refractivity contribution in [2.24, 2.45) is 0 Å². The zero-order chi connectivity index (χ0) is 22.2. The first-order valence-corrected chi connectivity index (χ1v) is 12.0. The number of carbonyl (C=O) groups excluding carboxylic acids is 2. The number of amides is 2. The predicted octanol–water partition coefficient (Wildman–Crippen LogP) is 3.35. The molecule has 2 N–H and O–H groups in total. The number of carbonyl (C=O) groups is 2. The minimum atomic E-state index is -0.157. The molecule has 5 rings (SSSR count). The lowest BCUT2D eigenvalue weighted by molar-refractivity contribution is -0.129. The van der Waals surface area contributed by atoms with E-state index in [0.717, 1.165) is 59.2 Å². The van der Waals surface area contributed by atoms with Gasteiger partial charge in [0.1, 0.15) is 0 Å². The summed E-state index contributed by atoms with van der Waals surface area (Å²) < 4.78 is 0. The van der Waals surface area contributed by atoms with Gasteiger partial charge >= 0.3 is 0 Å². The van der Waals surface area contributed by atoms with Gasteiger partial charge in [0.15, 0.2) is 0 Å². The van der Waals surface area contributed by atoms with Gasteiger partial charge in [-0.1, -0.05) is 18.2 Å². The summed E-state index contributed by atoms with van der Waals surface area (Å²) in [6.07, 6.45) is 4.34. The molecule has 2 amide bonds. The van der Waals surface area contributed by atoms with E-state index in [1.165, 1.54) is 0 Å². The third-order valence-electron chi connectivity index (χ3n) is 6.81. The van der Waals surface area contributed by atoms with E-state index in [1.807, 2.05) is 34.5 Å². The summed E-state index contributed by atoms with van der Waals surface area (Å²) >= 11 is 1.57. The van der Waals surface area contributed by atoms with Crippen molar-refractivity contribution in [3.8, 4) is 0 Å². The normalized spacial score (nSPS) is 20.7. The number of thiophene rings is 1. The highest BCUT2D eigenvalue weighted by atomic mass is 32.1. The van der Waals surface area contributed by atoms with Gasteiger partial charge in [-0.25, -0.2) is 5.10 Å². The van der Waals surface area contributed by atoms with Gasteiger partial charge in [0.25, 0.3) is 11.5 Å². The first kappa shape index (κ1) is 20.9. The molecule has 2 aliphatic rings. The molecule has 0 saturated heterocycles. The second kappa shape index (κ2) is 8.50. The molecule has 1 aliphatic carbocycles. The Kier molecular flexibility index (Phi) is 5.55. The van der Waals surface area contributed by atoms with Gasteiger partial charge in [-0.2, -0.15) is 5.10 Å². The fourth-order valence-electron chi connectivity index (χ4n) is 5.01. The molecule has 3 aromatic rings. The zero-order valence-corrected chi connectivity index (χ0v) is 18.8. The molecule has 0 unspecified atom stereocenters. The second-order valence-electron chi connectivity index (χ2n) is 8.75. The Labute approximate surface area is 189 Å². The van der Waals surface area contributed by atoms with Crippen molar-refractivity contribution in [3.63, 3.8) is 0 Å². The molecular weight excluding hydrogens is 424 g/mol. The van der Waals surface area contributed by atoms with Gasteiger partial charge < -0.3 is 10.2 Å². The van der Waals surface area contributed by atoms with Gasteiger partial charge in [0, 0.05) is 41.1 Å². The van der Waals surface area contributed by atoms with Gasteiger partial charge in [-0.3, -0.25) is 14.4 Å². The molecule has 2 aromatic heterocycles. The Hall–Kier alpha value is -3.00. The van der Waals surface area contributed by atoms with Crippen LogP contribution in [0, 0.1) is 0 Å². The van der Waals surface area contributed by atoms with E-state index in [1.54, 1.807) is 18.3 Å². The minimum absolute atomic E-state index is 0.00478. The highest BCUT2D eigenvalue weighted by Crippen LogP contribution is 2.35. The van der Waals surface area contributed by atoms with E-state index in [9.17, 15) is 14.4 Å². The summed E-state index contributed by atoms with van der Waals surface area (Å²) in [5.74, 6) is 0.350. The second-order valence-corrected chi connectivity index (χ2v) is 9.71. The Morgan fingerprint density at radius 3 is 2.66 bits per heavy atom. The molecule has 166 valence electrons. The number of benzene rings is 1. The maximum absolute atomic E-state index is 13.0. The van der Waals surface area contributed by atoms with E-state index >= 15 is 0 Å². The fraction of sp³-hybridized carbons (Fsp3) is 0.417. The minimum Gasteiger partial charge on any atom is -0.349 e. The Bertz CT molecular complexity index is 1240. The van der Waals surface area contributed by atoms with E-state index in [2.05, 4.69) is 15.5 Å². The number of rotatable bonds is 3. The van der Waals surface area contributed by atoms with Crippen LogP contribution in [-0.4, -0.2) is 39.5 Å². The summed E-state index contributed by atoms with van der Waals surface area (Å²) in [5, 5.41) is 13.8. The lowest BCUT2D eigenvalue weighted by Crippen LogP contribution is -2.38.